The van der Waals surface area contributed by atoms with Gasteiger partial charge in [-0.2, -0.15) is 0 Å². The Morgan fingerprint density at radius 1 is 0.929 bits per heavy atom. The van der Waals surface area contributed by atoms with Gasteiger partial charge in [-0.15, -0.1) is 11.6 Å². The fraction of sp³-hybridized carbons (Fsp3) is 1.00. The molecule has 0 aromatic heterocycles. The van der Waals surface area contributed by atoms with E-state index in [1.165, 1.54) is 25.7 Å². The smallest absolute Gasteiger partial charge is 0.0488 e. The highest BCUT2D eigenvalue weighted by Gasteiger charge is 2.16. The van der Waals surface area contributed by atoms with Crippen LogP contribution in [0, 0.1) is 5.92 Å². The minimum atomic E-state index is 0.297. The lowest BCUT2D eigenvalue weighted by Gasteiger charge is -2.22. The summed E-state index contributed by atoms with van der Waals surface area (Å²) in [4.78, 5) is 0. The molecule has 0 saturated carbocycles. The molecule has 2 heteroatoms. The Bertz CT molecular complexity index is 119. The molecule has 14 heavy (non-hydrogen) atoms. The Labute approximate surface area is 94.6 Å². The van der Waals surface area contributed by atoms with Crippen LogP contribution >= 0.6 is 11.6 Å². The second-order valence-corrected chi connectivity index (χ2v) is 4.57. The summed E-state index contributed by atoms with van der Waals surface area (Å²) in [5.74, 6) is 0.665. The highest BCUT2D eigenvalue weighted by atomic mass is 35.5. The largest absolute Gasteiger partial charge is 0.313 e. The third-order valence-corrected chi connectivity index (χ3v) is 3.66. The maximum atomic E-state index is 6.34. The fourth-order valence-electron chi connectivity index (χ4n) is 1.82. The van der Waals surface area contributed by atoms with Crippen molar-refractivity contribution in [3.05, 3.63) is 0 Å². The van der Waals surface area contributed by atoms with E-state index in [0.717, 1.165) is 6.54 Å². The average molecular weight is 220 g/mol. The lowest BCUT2D eigenvalue weighted by atomic mass is 9.98. The minimum Gasteiger partial charge on any atom is -0.313 e. The second kappa shape index (κ2) is 8.55. The summed E-state index contributed by atoms with van der Waals surface area (Å²) in [6.45, 7) is 9.85. The lowest BCUT2D eigenvalue weighted by molar-refractivity contribution is 0.410. The third kappa shape index (κ3) is 5.21. The van der Waals surface area contributed by atoms with Gasteiger partial charge in [0.1, 0.15) is 0 Å². The van der Waals surface area contributed by atoms with Crippen molar-refractivity contribution >= 4 is 11.6 Å². The predicted molar refractivity (Wildman–Crippen MR) is 66.1 cm³/mol. The van der Waals surface area contributed by atoms with Gasteiger partial charge in [-0.1, -0.05) is 40.5 Å². The van der Waals surface area contributed by atoms with Crippen LogP contribution in [0.3, 0.4) is 0 Å². The van der Waals surface area contributed by atoms with E-state index in [0.29, 0.717) is 17.3 Å². The number of rotatable bonds is 8. The van der Waals surface area contributed by atoms with E-state index in [1.807, 2.05) is 0 Å². The van der Waals surface area contributed by atoms with Gasteiger partial charge in [-0.25, -0.2) is 0 Å². The van der Waals surface area contributed by atoms with Gasteiger partial charge in [0.25, 0.3) is 0 Å². The van der Waals surface area contributed by atoms with Gasteiger partial charge in [0.2, 0.25) is 0 Å². The summed E-state index contributed by atoms with van der Waals surface area (Å²) in [6, 6.07) is 0.644. The number of halogens is 1. The molecule has 0 aromatic carbocycles. The van der Waals surface area contributed by atoms with Gasteiger partial charge >= 0.3 is 0 Å². The van der Waals surface area contributed by atoms with E-state index in [-0.39, 0.29) is 0 Å². The molecule has 0 aliphatic rings. The maximum Gasteiger partial charge on any atom is 0.0488 e. The van der Waals surface area contributed by atoms with Gasteiger partial charge in [0.15, 0.2) is 0 Å². The van der Waals surface area contributed by atoms with Gasteiger partial charge < -0.3 is 5.32 Å². The summed E-state index contributed by atoms with van der Waals surface area (Å²) in [5, 5.41) is 3.83. The van der Waals surface area contributed by atoms with E-state index < -0.39 is 0 Å². The number of hydrogen-bond donors (Lipinski definition) is 1. The summed E-state index contributed by atoms with van der Waals surface area (Å²) in [6.07, 6.45) is 4.77. The molecular weight excluding hydrogens is 194 g/mol. The van der Waals surface area contributed by atoms with Crippen LogP contribution in [0.25, 0.3) is 0 Å². The molecule has 1 N–H and O–H groups in total. The zero-order valence-corrected chi connectivity index (χ0v) is 10.9. The SMILES string of the molecule is CCC(CC)NCC(Cl)C(CC)CC. The Morgan fingerprint density at radius 2 is 1.43 bits per heavy atom. The highest BCUT2D eigenvalue weighted by molar-refractivity contribution is 6.21. The molecule has 0 radical (unpaired) electrons. The standard InChI is InChI=1S/C12H26ClN/c1-5-10(6-2)12(13)9-14-11(7-3)8-4/h10-12,14H,5-9H2,1-4H3. The fourth-order valence-corrected chi connectivity index (χ4v) is 2.27. The van der Waals surface area contributed by atoms with Crippen LogP contribution < -0.4 is 5.32 Å². The average Bonchev–Trinajstić information content (AvgIpc) is 2.21. The van der Waals surface area contributed by atoms with E-state index in [1.54, 1.807) is 0 Å². The minimum absolute atomic E-state index is 0.297. The van der Waals surface area contributed by atoms with E-state index in [2.05, 4.69) is 33.0 Å². The molecule has 1 unspecified atom stereocenters. The van der Waals surface area contributed by atoms with Crippen molar-refractivity contribution in [1.82, 2.24) is 5.32 Å². The van der Waals surface area contributed by atoms with Crippen LogP contribution in [0.15, 0.2) is 0 Å². The van der Waals surface area contributed by atoms with Gasteiger partial charge in [-0.3, -0.25) is 0 Å². The third-order valence-electron chi connectivity index (χ3n) is 3.15. The van der Waals surface area contributed by atoms with E-state index >= 15 is 0 Å². The Morgan fingerprint density at radius 3 is 1.79 bits per heavy atom. The molecule has 86 valence electrons. The number of hydrogen-bond acceptors (Lipinski definition) is 1. The predicted octanol–water partition coefficient (Wildman–Crippen LogP) is 3.81. The molecule has 1 nitrogen and oxygen atoms in total. The van der Waals surface area contributed by atoms with Crippen LogP contribution in [0.5, 0.6) is 0 Å². The van der Waals surface area contributed by atoms with Crippen molar-refractivity contribution in [2.24, 2.45) is 5.92 Å². The molecule has 0 saturated heterocycles. The van der Waals surface area contributed by atoms with Crippen molar-refractivity contribution < 1.29 is 0 Å². The topological polar surface area (TPSA) is 12.0 Å². The molecule has 0 bridgehead atoms. The molecule has 0 aliphatic heterocycles. The monoisotopic (exact) mass is 219 g/mol. The van der Waals surface area contributed by atoms with Crippen molar-refractivity contribution in [2.75, 3.05) is 6.54 Å². The van der Waals surface area contributed by atoms with Crippen LogP contribution in [0.4, 0.5) is 0 Å². The molecule has 0 fully saturated rings. The highest BCUT2D eigenvalue weighted by Crippen LogP contribution is 2.18. The van der Waals surface area contributed by atoms with Crippen LogP contribution in [-0.2, 0) is 0 Å². The van der Waals surface area contributed by atoms with Crippen molar-refractivity contribution in [3.63, 3.8) is 0 Å². The summed E-state index contributed by atoms with van der Waals surface area (Å²) in [5.41, 5.74) is 0. The lowest BCUT2D eigenvalue weighted by Crippen LogP contribution is -2.35. The first kappa shape index (κ1) is 14.2. The number of nitrogens with one attached hydrogen (secondary N) is 1. The van der Waals surface area contributed by atoms with Gasteiger partial charge in [0, 0.05) is 18.0 Å². The Kier molecular flexibility index (Phi) is 8.70. The Hall–Kier alpha value is 0.250. The first-order valence-electron chi connectivity index (χ1n) is 6.06. The molecule has 0 amide bonds. The summed E-state index contributed by atoms with van der Waals surface area (Å²) in [7, 11) is 0. The molecule has 0 aliphatic carbocycles. The van der Waals surface area contributed by atoms with Gasteiger partial charge in [-0.05, 0) is 18.8 Å². The Balaban J connectivity index is 3.75. The van der Waals surface area contributed by atoms with Crippen LogP contribution in [0.2, 0.25) is 0 Å². The van der Waals surface area contributed by atoms with Crippen molar-refractivity contribution in [2.45, 2.75) is 64.8 Å². The zero-order valence-electron chi connectivity index (χ0n) is 10.1. The molecule has 0 spiro atoms. The molecule has 0 heterocycles. The molecular formula is C12H26ClN. The molecule has 0 aromatic rings. The van der Waals surface area contributed by atoms with Crippen molar-refractivity contribution in [1.29, 1.82) is 0 Å². The van der Waals surface area contributed by atoms with E-state index in [9.17, 15) is 0 Å². The van der Waals surface area contributed by atoms with Crippen LogP contribution in [-0.4, -0.2) is 18.0 Å². The molecule has 0 rings (SSSR count). The van der Waals surface area contributed by atoms with Crippen molar-refractivity contribution in [3.8, 4) is 0 Å². The maximum absolute atomic E-state index is 6.34. The summed E-state index contributed by atoms with van der Waals surface area (Å²) >= 11 is 6.34. The zero-order chi connectivity index (χ0) is 11.0. The summed E-state index contributed by atoms with van der Waals surface area (Å²) < 4.78 is 0. The normalized spacial score (nSPS) is 13.9. The van der Waals surface area contributed by atoms with E-state index in [4.69, 9.17) is 11.6 Å². The number of alkyl halides is 1. The quantitative estimate of drug-likeness (QED) is 0.613. The first-order valence-corrected chi connectivity index (χ1v) is 6.50. The van der Waals surface area contributed by atoms with Crippen LogP contribution in [0.1, 0.15) is 53.4 Å². The first-order chi connectivity index (χ1) is 6.69. The molecule has 1 atom stereocenters. The second-order valence-electron chi connectivity index (χ2n) is 4.01. The van der Waals surface area contributed by atoms with Gasteiger partial charge in [0.05, 0.1) is 0 Å².